The lowest BCUT2D eigenvalue weighted by Gasteiger charge is -2.31. The molecule has 6 atom stereocenters. The molecule has 4 rings (SSSR count). The Balaban J connectivity index is 0.000000681. The van der Waals surface area contributed by atoms with E-state index in [9.17, 15) is 24.3 Å². The summed E-state index contributed by atoms with van der Waals surface area (Å²) in [4.78, 5) is 48.9. The molecule has 4 fully saturated rings. The molecule has 0 aromatic carbocycles. The number of esters is 2. The van der Waals surface area contributed by atoms with E-state index in [0.717, 1.165) is 89.9 Å². The number of hydrogen-bond donors (Lipinski definition) is 1. The lowest BCUT2D eigenvalue weighted by molar-refractivity contribution is -0.171. The van der Waals surface area contributed by atoms with Crippen molar-refractivity contribution in [3.05, 3.63) is 24.3 Å². The number of unbranched alkanes of at least 4 members (excludes halogenated alkanes) is 10. The Labute approximate surface area is 428 Å². The fraction of sp³-hybridized carbons (Fsp3) is 0.864. The van der Waals surface area contributed by atoms with Crippen LogP contribution in [0.5, 0.6) is 0 Å². The third kappa shape index (κ3) is 24.5. The molecule has 0 amide bonds. The largest absolute Gasteiger partial charge is 0.463 e. The molecule has 0 aromatic rings. The third-order valence-electron chi connectivity index (χ3n) is 14.8. The molecular formula is C59H106O11. The fourth-order valence-electron chi connectivity index (χ4n) is 11.1. The Kier molecular flexibility index (Phi) is 35.0. The highest BCUT2D eigenvalue weighted by Crippen LogP contribution is 2.45. The maximum absolute atomic E-state index is 12.9. The Bertz CT molecular complexity index is 1350. The summed E-state index contributed by atoms with van der Waals surface area (Å²) in [5.74, 6) is 0.577. The summed E-state index contributed by atoms with van der Waals surface area (Å²) in [5, 5.41) is 9.93. The monoisotopic (exact) mass is 991 g/mol. The van der Waals surface area contributed by atoms with Gasteiger partial charge in [-0.2, -0.15) is 0 Å². The predicted octanol–water partition coefficient (Wildman–Crippen LogP) is 14.2. The van der Waals surface area contributed by atoms with E-state index in [1.807, 2.05) is 27.7 Å². The molecule has 2 heterocycles. The first-order chi connectivity index (χ1) is 32.8. The molecule has 1 N–H and O–H groups in total. The van der Waals surface area contributed by atoms with Crippen molar-refractivity contribution >= 4 is 23.5 Å². The normalized spacial score (nSPS) is 23.8. The van der Waals surface area contributed by atoms with Gasteiger partial charge in [-0.05, 0) is 116 Å². The molecule has 2 aliphatic heterocycles. The molecule has 2 aliphatic carbocycles. The second kappa shape index (κ2) is 37.3. The van der Waals surface area contributed by atoms with Crippen LogP contribution in [0.4, 0.5) is 0 Å². The van der Waals surface area contributed by atoms with E-state index >= 15 is 0 Å². The second-order valence-corrected chi connectivity index (χ2v) is 20.9. The van der Waals surface area contributed by atoms with Crippen molar-refractivity contribution in [3.8, 4) is 0 Å². The number of allylic oxidation sites excluding steroid dienone is 4. The minimum atomic E-state index is -0.511. The standard InChI is InChI=1S/C29H50O5.C28H48O6.2CH4/c1-5-7-8-11-14-18-29(32-20-21-33-29)19-17-25-24(6-2)22-27(30)26(25)15-12-9-10-13-16-28(31)34-23(3)4;1-4-5-6-9-12-16-28(32-18-19-33-28)17-15-24-23(21-29)20-26(30)25(24)13-10-7-8-11-14-27(31)34-22(2)3;;/h9,12,23-26H,5-8,10-11,13-22H2,1-4H3;7,10,22-25,29H,4-6,8-9,11-21H2,1-3H3;2*1H4/t24-,25+,26-;23-,24-,25+;;/m10../s1. The lowest BCUT2D eigenvalue weighted by atomic mass is 9.81. The summed E-state index contributed by atoms with van der Waals surface area (Å²) in [5.41, 5.74) is 0. The molecule has 0 bridgehead atoms. The van der Waals surface area contributed by atoms with Crippen LogP contribution in [0.1, 0.15) is 237 Å². The molecule has 0 spiro atoms. The first kappa shape index (κ1) is 65.6. The van der Waals surface area contributed by atoms with E-state index in [-0.39, 0.29) is 75.1 Å². The van der Waals surface area contributed by atoms with Crippen LogP contribution in [-0.4, -0.2) is 85.4 Å². The molecule has 4 aliphatic rings. The molecule has 0 radical (unpaired) electrons. The SMILES string of the molecule is C.C.CCCCCCCC1(CC[C@H]2[C@H](CC)CC(=O)[C@@H]2CC=CCCCC(=O)OC(C)C)OCCO1.CCCCCCCC1(CC[C@H]2[C@H](CO)CC(=O)[C@@H]2CC=CCCCC(=O)OC(C)C)OCCO1. The number of carbonyl (C=O) groups excluding carboxylic acids is 4. The van der Waals surface area contributed by atoms with Gasteiger partial charge >= 0.3 is 11.9 Å². The summed E-state index contributed by atoms with van der Waals surface area (Å²) in [6.07, 6.45) is 33.8. The number of Topliss-reactive ketones (excluding diaryl/α,β-unsaturated/α-hetero) is 2. The quantitative estimate of drug-likeness (QED) is 0.0374. The van der Waals surface area contributed by atoms with Gasteiger partial charge in [-0.25, -0.2) is 0 Å². The fourth-order valence-corrected chi connectivity index (χ4v) is 11.1. The van der Waals surface area contributed by atoms with E-state index in [4.69, 9.17) is 28.4 Å². The van der Waals surface area contributed by atoms with Gasteiger partial charge in [0.2, 0.25) is 0 Å². The zero-order chi connectivity index (χ0) is 49.6. The van der Waals surface area contributed by atoms with Crippen molar-refractivity contribution in [2.75, 3.05) is 33.0 Å². The van der Waals surface area contributed by atoms with Crippen LogP contribution in [0.25, 0.3) is 0 Å². The average molecular weight is 991 g/mol. The van der Waals surface area contributed by atoms with Crippen LogP contribution in [-0.2, 0) is 47.6 Å². The van der Waals surface area contributed by atoms with Gasteiger partial charge in [-0.15, -0.1) is 0 Å². The van der Waals surface area contributed by atoms with Crippen LogP contribution in [0.3, 0.4) is 0 Å². The van der Waals surface area contributed by atoms with Crippen molar-refractivity contribution in [2.45, 2.75) is 260 Å². The average Bonchev–Trinajstić information content (AvgIpc) is 4.10. The van der Waals surface area contributed by atoms with Gasteiger partial charge in [0.1, 0.15) is 11.6 Å². The number of aliphatic hydroxyl groups excluding tert-OH is 1. The van der Waals surface area contributed by atoms with Gasteiger partial charge in [-0.3, -0.25) is 19.2 Å². The van der Waals surface area contributed by atoms with Crippen molar-refractivity contribution in [2.24, 2.45) is 35.5 Å². The Morgan fingerprint density at radius 1 is 0.571 bits per heavy atom. The van der Waals surface area contributed by atoms with Gasteiger partial charge in [0.05, 0.1) is 38.6 Å². The maximum Gasteiger partial charge on any atom is 0.306 e. The number of rotatable bonds is 34. The lowest BCUT2D eigenvalue weighted by Crippen LogP contribution is -2.32. The Hall–Kier alpha value is -2.44. The molecule has 2 saturated heterocycles. The molecule has 408 valence electrons. The van der Waals surface area contributed by atoms with Crippen molar-refractivity contribution in [3.63, 3.8) is 0 Å². The van der Waals surface area contributed by atoms with Gasteiger partial charge in [0.15, 0.2) is 11.6 Å². The van der Waals surface area contributed by atoms with Crippen molar-refractivity contribution in [1.29, 1.82) is 0 Å². The number of carbonyl (C=O) groups is 4. The maximum atomic E-state index is 12.9. The van der Waals surface area contributed by atoms with Crippen molar-refractivity contribution in [1.82, 2.24) is 0 Å². The molecule has 11 heteroatoms. The minimum Gasteiger partial charge on any atom is -0.463 e. The highest BCUT2D eigenvalue weighted by atomic mass is 16.7. The summed E-state index contributed by atoms with van der Waals surface area (Å²) in [6.45, 7) is 16.8. The summed E-state index contributed by atoms with van der Waals surface area (Å²) < 4.78 is 34.8. The van der Waals surface area contributed by atoms with Gasteiger partial charge in [-0.1, -0.05) is 118 Å². The first-order valence-corrected chi connectivity index (χ1v) is 27.7. The zero-order valence-electron chi connectivity index (χ0n) is 44.1. The van der Waals surface area contributed by atoms with E-state index < -0.39 is 11.6 Å². The summed E-state index contributed by atoms with van der Waals surface area (Å²) >= 11 is 0. The van der Waals surface area contributed by atoms with Gasteiger partial charge in [0, 0.05) is 69.8 Å². The Morgan fingerprint density at radius 2 is 0.957 bits per heavy atom. The van der Waals surface area contributed by atoms with Crippen LogP contribution in [0.2, 0.25) is 0 Å². The van der Waals surface area contributed by atoms with Gasteiger partial charge < -0.3 is 33.5 Å². The third-order valence-corrected chi connectivity index (χ3v) is 14.8. The number of hydrogen-bond acceptors (Lipinski definition) is 11. The van der Waals surface area contributed by atoms with Gasteiger partial charge in [0.25, 0.3) is 0 Å². The second-order valence-electron chi connectivity index (χ2n) is 20.9. The summed E-state index contributed by atoms with van der Waals surface area (Å²) in [7, 11) is 0. The minimum absolute atomic E-state index is 0. The molecule has 0 unspecified atom stereocenters. The van der Waals surface area contributed by atoms with Crippen molar-refractivity contribution < 1.29 is 52.7 Å². The van der Waals surface area contributed by atoms with E-state index in [1.54, 1.807) is 0 Å². The molecule has 70 heavy (non-hydrogen) atoms. The van der Waals surface area contributed by atoms with Crippen LogP contribution in [0.15, 0.2) is 24.3 Å². The Morgan fingerprint density at radius 3 is 1.33 bits per heavy atom. The van der Waals surface area contributed by atoms with E-state index in [0.29, 0.717) is 76.2 Å². The number of aliphatic hydroxyl groups is 1. The zero-order valence-corrected chi connectivity index (χ0v) is 44.1. The summed E-state index contributed by atoms with van der Waals surface area (Å²) in [6, 6.07) is 0. The number of ketones is 2. The highest BCUT2D eigenvalue weighted by molar-refractivity contribution is 5.84. The first-order valence-electron chi connectivity index (χ1n) is 27.7. The molecule has 0 aromatic heterocycles. The topological polar surface area (TPSA) is 144 Å². The van der Waals surface area contributed by atoms with Crippen LogP contribution >= 0.6 is 0 Å². The number of ether oxygens (including phenoxy) is 6. The van der Waals surface area contributed by atoms with Crippen LogP contribution in [0, 0.1) is 35.5 Å². The van der Waals surface area contributed by atoms with Crippen LogP contribution < -0.4 is 0 Å². The van der Waals surface area contributed by atoms with E-state index in [2.05, 4.69) is 45.1 Å². The molecule has 11 nitrogen and oxygen atoms in total. The molecule has 2 saturated carbocycles. The highest BCUT2D eigenvalue weighted by Gasteiger charge is 2.45. The smallest absolute Gasteiger partial charge is 0.306 e. The molecular weight excluding hydrogens is 885 g/mol. The van der Waals surface area contributed by atoms with E-state index in [1.165, 1.54) is 51.4 Å². The predicted molar refractivity (Wildman–Crippen MR) is 283 cm³/mol.